The average molecular weight is 584 g/mol. The maximum atomic E-state index is 11.7. The average Bonchev–Trinajstić information content (AvgIpc) is 3.61. The van der Waals surface area contributed by atoms with Gasteiger partial charge in [-0.05, 0) is 36.4 Å². The lowest BCUT2D eigenvalue weighted by molar-refractivity contribution is 0.142. The molecule has 0 bridgehead atoms. The number of hydrogen-bond donors (Lipinski definition) is 2. The monoisotopic (exact) mass is 583 g/mol. The number of aromatic amines is 1. The minimum Gasteiger partial charge on any atom is -0.496 e. The molecule has 5 aromatic carbocycles. The molecule has 2 aromatic heterocycles. The number of aryl methyl sites for hydroxylation is 1. The second-order valence-electron chi connectivity index (χ2n) is 10.5. The minimum absolute atomic E-state index is 0.200. The van der Waals surface area contributed by atoms with Crippen molar-refractivity contribution < 1.29 is 28.5 Å². The Morgan fingerprint density at radius 2 is 1.55 bits per heavy atom. The van der Waals surface area contributed by atoms with Gasteiger partial charge in [-0.2, -0.15) is 0 Å². The van der Waals surface area contributed by atoms with E-state index in [1.807, 2.05) is 97.1 Å². The lowest BCUT2D eigenvalue weighted by Crippen LogP contribution is -2.06. The van der Waals surface area contributed by atoms with Gasteiger partial charge < -0.3 is 28.7 Å². The highest BCUT2D eigenvalue weighted by atomic mass is 16.7. The highest BCUT2D eigenvalue weighted by Gasteiger charge is 2.25. The summed E-state index contributed by atoms with van der Waals surface area (Å²) < 4.78 is 23.7. The van der Waals surface area contributed by atoms with Gasteiger partial charge in [0.25, 0.3) is 0 Å². The molecular weight excluding hydrogens is 554 g/mol. The Kier molecular flexibility index (Phi) is 7.12. The third kappa shape index (κ3) is 4.88. The molecule has 7 nitrogen and oxygen atoms in total. The van der Waals surface area contributed by atoms with Crippen LogP contribution in [0.2, 0.25) is 0 Å². The minimum atomic E-state index is -1.38. The molecule has 0 aliphatic heterocycles. The zero-order chi connectivity index (χ0) is 30.0. The summed E-state index contributed by atoms with van der Waals surface area (Å²) in [5.41, 5.74) is 4.82. The summed E-state index contributed by atoms with van der Waals surface area (Å²) >= 11 is 0. The predicted molar refractivity (Wildman–Crippen MR) is 172 cm³/mol. The fourth-order valence-corrected chi connectivity index (χ4v) is 5.97. The first-order chi connectivity index (χ1) is 21.6. The number of furan rings is 1. The number of ether oxygens (including phenoxy) is 3. The molecule has 218 valence electrons. The summed E-state index contributed by atoms with van der Waals surface area (Å²) in [6, 6.07) is 35.7. The van der Waals surface area contributed by atoms with Gasteiger partial charge in [0.2, 0.25) is 5.88 Å². The number of carbonyl (C=O) groups is 1. The number of para-hydroxylation sites is 1. The molecule has 0 radical (unpaired) electrons. The van der Waals surface area contributed by atoms with Gasteiger partial charge in [-0.3, -0.25) is 0 Å². The van der Waals surface area contributed by atoms with E-state index >= 15 is 0 Å². The number of nitrogens with one attached hydrogen (secondary N) is 1. The Labute approximate surface area is 253 Å². The van der Waals surface area contributed by atoms with Gasteiger partial charge in [0, 0.05) is 33.0 Å². The summed E-state index contributed by atoms with van der Waals surface area (Å²) in [4.78, 5) is 15.0. The van der Waals surface area contributed by atoms with Crippen LogP contribution in [0.3, 0.4) is 0 Å². The molecule has 0 saturated carbocycles. The SMILES string of the molecule is COc1cccc2oc(-c3ccccc3)c(-c3cccc4c(CCCOc5cccc6ccccc56)c(OC(=O)O)[nH]c34)c12. The van der Waals surface area contributed by atoms with Crippen LogP contribution in [-0.2, 0) is 6.42 Å². The maximum Gasteiger partial charge on any atom is 0.512 e. The Hall–Kier alpha value is -5.69. The van der Waals surface area contributed by atoms with E-state index in [2.05, 4.69) is 17.1 Å². The number of rotatable bonds is 9. The standard InChI is InChI=1S/C37H29NO6/c1-41-30-20-9-21-31-33(30)32(35(43-31)24-12-3-2-4-13-24)28-17-8-16-26-27(36(38-34(26)28)44-37(39)40)18-10-22-42-29-19-7-14-23-11-5-6-15-25(23)29/h2-9,11-17,19-21,38H,10,18,22H2,1H3,(H,39,40). The van der Waals surface area contributed by atoms with E-state index in [0.29, 0.717) is 36.5 Å². The number of fused-ring (bicyclic) bond motifs is 3. The Bertz CT molecular complexity index is 2120. The number of methoxy groups -OCH3 is 1. The topological polar surface area (TPSA) is 93.9 Å². The molecule has 7 heteroatoms. The first-order valence-electron chi connectivity index (χ1n) is 14.4. The summed E-state index contributed by atoms with van der Waals surface area (Å²) in [6.07, 6.45) is -0.196. The second kappa shape index (κ2) is 11.5. The van der Waals surface area contributed by atoms with Crippen LogP contribution in [-0.4, -0.2) is 30.0 Å². The van der Waals surface area contributed by atoms with Gasteiger partial charge in [0.1, 0.15) is 22.8 Å². The van der Waals surface area contributed by atoms with Crippen molar-refractivity contribution in [1.82, 2.24) is 4.98 Å². The predicted octanol–water partition coefficient (Wildman–Crippen LogP) is 9.48. The summed E-state index contributed by atoms with van der Waals surface area (Å²) in [5, 5.41) is 13.5. The van der Waals surface area contributed by atoms with Crippen LogP contribution < -0.4 is 14.2 Å². The molecule has 0 unspecified atom stereocenters. The fraction of sp³-hybridized carbons (Fsp3) is 0.108. The molecule has 7 rings (SSSR count). The van der Waals surface area contributed by atoms with E-state index in [-0.39, 0.29) is 5.88 Å². The fourth-order valence-electron chi connectivity index (χ4n) is 5.97. The zero-order valence-corrected chi connectivity index (χ0v) is 24.0. The molecule has 7 aromatic rings. The smallest absolute Gasteiger partial charge is 0.496 e. The third-order valence-corrected chi connectivity index (χ3v) is 7.87. The number of benzene rings is 5. The van der Waals surface area contributed by atoms with Crippen LogP contribution >= 0.6 is 0 Å². The lowest BCUT2D eigenvalue weighted by atomic mass is 9.95. The molecule has 2 heterocycles. The number of aromatic nitrogens is 1. The molecule has 0 fully saturated rings. The molecule has 0 amide bonds. The van der Waals surface area contributed by atoms with Crippen molar-refractivity contribution >= 4 is 38.8 Å². The molecule has 0 atom stereocenters. The Balaban J connectivity index is 1.30. The van der Waals surface area contributed by atoms with Crippen LogP contribution in [0.25, 0.3) is 55.1 Å². The maximum absolute atomic E-state index is 11.7. The van der Waals surface area contributed by atoms with Crippen molar-refractivity contribution in [2.75, 3.05) is 13.7 Å². The lowest BCUT2D eigenvalue weighted by Gasteiger charge is -2.10. The first kappa shape index (κ1) is 27.2. The van der Waals surface area contributed by atoms with Crippen molar-refractivity contribution in [2.45, 2.75) is 12.8 Å². The third-order valence-electron chi connectivity index (χ3n) is 7.87. The highest BCUT2D eigenvalue weighted by molar-refractivity contribution is 6.11. The molecule has 2 N–H and O–H groups in total. The van der Waals surface area contributed by atoms with Gasteiger partial charge in [-0.15, -0.1) is 0 Å². The summed E-state index contributed by atoms with van der Waals surface area (Å²) in [6.45, 7) is 0.453. The second-order valence-corrected chi connectivity index (χ2v) is 10.5. The van der Waals surface area contributed by atoms with E-state index < -0.39 is 6.16 Å². The van der Waals surface area contributed by atoms with Gasteiger partial charge in [-0.25, -0.2) is 4.79 Å². The number of H-pyrrole nitrogens is 1. The molecule has 0 aliphatic rings. The van der Waals surface area contributed by atoms with E-state index in [1.165, 1.54) is 0 Å². The normalized spacial score (nSPS) is 11.3. The Morgan fingerprint density at radius 1 is 0.818 bits per heavy atom. The van der Waals surface area contributed by atoms with Crippen LogP contribution in [0.15, 0.2) is 114 Å². The quantitative estimate of drug-likeness (QED) is 0.130. The van der Waals surface area contributed by atoms with Crippen molar-refractivity contribution in [3.63, 3.8) is 0 Å². The van der Waals surface area contributed by atoms with E-state index in [9.17, 15) is 9.90 Å². The van der Waals surface area contributed by atoms with Crippen LogP contribution in [0.4, 0.5) is 4.79 Å². The van der Waals surface area contributed by atoms with Crippen LogP contribution in [0.5, 0.6) is 17.4 Å². The largest absolute Gasteiger partial charge is 0.512 e. The molecule has 44 heavy (non-hydrogen) atoms. The van der Waals surface area contributed by atoms with E-state index in [1.54, 1.807) is 7.11 Å². The summed E-state index contributed by atoms with van der Waals surface area (Å²) in [7, 11) is 1.64. The van der Waals surface area contributed by atoms with Gasteiger partial charge >= 0.3 is 6.16 Å². The van der Waals surface area contributed by atoms with Crippen molar-refractivity contribution in [2.24, 2.45) is 0 Å². The van der Waals surface area contributed by atoms with Gasteiger partial charge in [0.05, 0.1) is 24.6 Å². The Morgan fingerprint density at radius 3 is 2.39 bits per heavy atom. The molecular formula is C37H29NO6. The number of carboxylic acid groups (broad SMARTS) is 1. The van der Waals surface area contributed by atoms with Gasteiger partial charge in [-0.1, -0.05) is 91.0 Å². The van der Waals surface area contributed by atoms with Crippen molar-refractivity contribution in [3.05, 3.63) is 115 Å². The van der Waals surface area contributed by atoms with Crippen molar-refractivity contribution in [1.29, 1.82) is 0 Å². The molecule has 0 saturated heterocycles. The van der Waals surface area contributed by atoms with Crippen molar-refractivity contribution in [3.8, 4) is 39.8 Å². The summed E-state index contributed by atoms with van der Waals surface area (Å²) in [5.74, 6) is 2.39. The first-order valence-corrected chi connectivity index (χ1v) is 14.4. The van der Waals surface area contributed by atoms with E-state index in [0.717, 1.165) is 55.1 Å². The van der Waals surface area contributed by atoms with Gasteiger partial charge in [0.15, 0.2) is 0 Å². The highest BCUT2D eigenvalue weighted by Crippen LogP contribution is 2.47. The molecule has 0 spiro atoms. The van der Waals surface area contributed by atoms with E-state index in [4.69, 9.17) is 18.6 Å². The molecule has 0 aliphatic carbocycles. The number of hydrogen-bond acceptors (Lipinski definition) is 5. The zero-order valence-electron chi connectivity index (χ0n) is 24.0. The van der Waals surface area contributed by atoms with Crippen LogP contribution in [0, 0.1) is 0 Å². The van der Waals surface area contributed by atoms with Crippen LogP contribution in [0.1, 0.15) is 12.0 Å².